The van der Waals surface area contributed by atoms with Crippen LogP contribution in [0.5, 0.6) is 11.5 Å². The molecule has 2 aliphatic heterocycles. The lowest BCUT2D eigenvalue weighted by atomic mass is 9.89. The van der Waals surface area contributed by atoms with Gasteiger partial charge in [-0.1, -0.05) is 25.5 Å². The third-order valence-corrected chi connectivity index (χ3v) is 5.70. The third kappa shape index (κ3) is 3.61. The number of nitrogens with zero attached hydrogens (tertiary/aromatic N) is 1. The summed E-state index contributed by atoms with van der Waals surface area (Å²) in [6, 6.07) is 6.55. The molecule has 0 radical (unpaired) electrons. The van der Waals surface area contributed by atoms with Crippen LogP contribution in [0.25, 0.3) is 0 Å². The number of rotatable bonds is 5. The van der Waals surface area contributed by atoms with E-state index in [4.69, 9.17) is 9.47 Å². The van der Waals surface area contributed by atoms with Gasteiger partial charge in [0.25, 0.3) is 0 Å². The SMILES string of the molecule is CC[C@@H]1CN(C(=O)C2CC2)CC[C@H]1NCc1cccc2c1OCCO2. The number of hydrogen-bond acceptors (Lipinski definition) is 4. The van der Waals surface area contributed by atoms with Crippen molar-refractivity contribution in [2.24, 2.45) is 11.8 Å². The minimum Gasteiger partial charge on any atom is -0.486 e. The van der Waals surface area contributed by atoms with Gasteiger partial charge in [0.2, 0.25) is 5.91 Å². The zero-order valence-electron chi connectivity index (χ0n) is 15.0. The molecule has 1 amide bonds. The fourth-order valence-corrected chi connectivity index (χ4v) is 4.02. The second-order valence-electron chi connectivity index (χ2n) is 7.44. The van der Waals surface area contributed by atoms with Gasteiger partial charge < -0.3 is 19.7 Å². The number of benzene rings is 1. The van der Waals surface area contributed by atoms with E-state index in [0.29, 0.717) is 37.0 Å². The highest BCUT2D eigenvalue weighted by molar-refractivity contribution is 5.81. The lowest BCUT2D eigenvalue weighted by molar-refractivity contribution is -0.134. The van der Waals surface area contributed by atoms with Gasteiger partial charge in [-0.2, -0.15) is 0 Å². The molecule has 2 heterocycles. The Kier molecular flexibility index (Phi) is 4.84. The van der Waals surface area contributed by atoms with E-state index in [2.05, 4.69) is 23.2 Å². The number of fused-ring (bicyclic) bond motifs is 1. The number of ether oxygens (including phenoxy) is 2. The van der Waals surface area contributed by atoms with Gasteiger partial charge in [0.05, 0.1) is 0 Å². The second kappa shape index (κ2) is 7.24. The standard InChI is InChI=1S/C20H28N2O3/c1-2-14-13-22(20(23)15-6-7-15)9-8-17(14)21-12-16-4-3-5-18-19(16)25-11-10-24-18/h3-5,14-15,17,21H,2,6-13H2,1H3/t14-,17-/m1/s1. The molecule has 1 aromatic rings. The van der Waals surface area contributed by atoms with Crippen LogP contribution in [0, 0.1) is 11.8 Å². The maximum Gasteiger partial charge on any atom is 0.225 e. The highest BCUT2D eigenvalue weighted by Gasteiger charge is 2.37. The van der Waals surface area contributed by atoms with E-state index in [1.54, 1.807) is 0 Å². The van der Waals surface area contributed by atoms with Crippen molar-refractivity contribution in [1.82, 2.24) is 10.2 Å². The average Bonchev–Trinajstić information content (AvgIpc) is 3.51. The van der Waals surface area contributed by atoms with Crippen molar-refractivity contribution in [3.63, 3.8) is 0 Å². The molecule has 4 rings (SSSR count). The van der Waals surface area contributed by atoms with Crippen LogP contribution in [-0.4, -0.2) is 43.2 Å². The first-order chi connectivity index (χ1) is 12.3. The number of amides is 1. The monoisotopic (exact) mass is 344 g/mol. The van der Waals surface area contributed by atoms with Crippen molar-refractivity contribution >= 4 is 5.91 Å². The molecule has 1 aliphatic carbocycles. The minimum absolute atomic E-state index is 0.329. The molecule has 2 atom stereocenters. The van der Waals surface area contributed by atoms with Crippen LogP contribution in [0.3, 0.4) is 0 Å². The average molecular weight is 344 g/mol. The summed E-state index contributed by atoms with van der Waals surface area (Å²) < 4.78 is 11.5. The number of para-hydroxylation sites is 1. The summed E-state index contributed by atoms with van der Waals surface area (Å²) in [5, 5.41) is 3.72. The number of piperidine rings is 1. The van der Waals surface area contributed by atoms with E-state index in [-0.39, 0.29) is 0 Å². The predicted octanol–water partition coefficient (Wildman–Crippen LogP) is 2.58. The lowest BCUT2D eigenvalue weighted by Crippen LogP contribution is -2.51. The Morgan fingerprint density at radius 3 is 2.88 bits per heavy atom. The minimum atomic E-state index is 0.329. The Labute approximate surface area is 149 Å². The van der Waals surface area contributed by atoms with E-state index in [1.165, 1.54) is 0 Å². The molecular weight excluding hydrogens is 316 g/mol. The molecule has 5 nitrogen and oxygen atoms in total. The maximum absolute atomic E-state index is 12.3. The van der Waals surface area contributed by atoms with Gasteiger partial charge in [0.15, 0.2) is 11.5 Å². The molecule has 2 fully saturated rings. The van der Waals surface area contributed by atoms with Crippen molar-refractivity contribution in [2.45, 2.75) is 45.2 Å². The zero-order valence-corrected chi connectivity index (χ0v) is 15.0. The number of carbonyl (C=O) groups is 1. The molecule has 1 N–H and O–H groups in total. The summed E-state index contributed by atoms with van der Waals surface area (Å²) in [7, 11) is 0. The fourth-order valence-electron chi connectivity index (χ4n) is 4.02. The lowest BCUT2D eigenvalue weighted by Gasteiger charge is -2.39. The van der Waals surface area contributed by atoms with Gasteiger partial charge in [-0.15, -0.1) is 0 Å². The zero-order chi connectivity index (χ0) is 17.2. The molecule has 0 bridgehead atoms. The van der Waals surface area contributed by atoms with Crippen molar-refractivity contribution in [2.75, 3.05) is 26.3 Å². The van der Waals surface area contributed by atoms with Gasteiger partial charge in [0.1, 0.15) is 13.2 Å². The van der Waals surface area contributed by atoms with Crippen molar-refractivity contribution in [1.29, 1.82) is 0 Å². The van der Waals surface area contributed by atoms with Crippen LogP contribution in [0.1, 0.15) is 38.2 Å². The van der Waals surface area contributed by atoms with Crippen molar-refractivity contribution in [3.05, 3.63) is 23.8 Å². The summed E-state index contributed by atoms with van der Waals surface area (Å²) >= 11 is 0. The fraction of sp³-hybridized carbons (Fsp3) is 0.650. The van der Waals surface area contributed by atoms with Gasteiger partial charge in [-0.3, -0.25) is 4.79 Å². The molecule has 0 unspecified atom stereocenters. The van der Waals surface area contributed by atoms with Gasteiger partial charge in [-0.25, -0.2) is 0 Å². The van der Waals surface area contributed by atoms with Crippen molar-refractivity contribution < 1.29 is 14.3 Å². The van der Waals surface area contributed by atoms with E-state index < -0.39 is 0 Å². The molecular formula is C20H28N2O3. The summed E-state index contributed by atoms with van der Waals surface area (Å²) in [6.07, 6.45) is 4.31. The molecule has 25 heavy (non-hydrogen) atoms. The smallest absolute Gasteiger partial charge is 0.225 e. The topological polar surface area (TPSA) is 50.8 Å². The van der Waals surface area contributed by atoms with Crippen LogP contribution >= 0.6 is 0 Å². The molecule has 0 spiro atoms. The number of carbonyl (C=O) groups excluding carboxylic acids is 1. The summed E-state index contributed by atoms with van der Waals surface area (Å²) in [5.74, 6) is 2.97. The summed E-state index contributed by atoms with van der Waals surface area (Å²) in [4.78, 5) is 14.4. The Bertz CT molecular complexity index is 629. The van der Waals surface area contributed by atoms with Gasteiger partial charge in [0, 0.05) is 37.2 Å². The molecule has 136 valence electrons. The van der Waals surface area contributed by atoms with Crippen molar-refractivity contribution in [3.8, 4) is 11.5 Å². The Morgan fingerprint density at radius 1 is 1.24 bits per heavy atom. The first kappa shape index (κ1) is 16.7. The Hall–Kier alpha value is -1.75. The van der Waals surface area contributed by atoms with Crippen LogP contribution in [0.2, 0.25) is 0 Å². The predicted molar refractivity (Wildman–Crippen MR) is 95.8 cm³/mol. The van der Waals surface area contributed by atoms with Gasteiger partial charge >= 0.3 is 0 Å². The van der Waals surface area contributed by atoms with E-state index in [1.807, 2.05) is 12.1 Å². The highest BCUT2D eigenvalue weighted by atomic mass is 16.6. The second-order valence-corrected chi connectivity index (χ2v) is 7.44. The maximum atomic E-state index is 12.3. The summed E-state index contributed by atoms with van der Waals surface area (Å²) in [6.45, 7) is 6.03. The molecule has 1 aromatic carbocycles. The highest BCUT2D eigenvalue weighted by Crippen LogP contribution is 2.35. The normalized spacial score (nSPS) is 25.7. The van der Waals surface area contributed by atoms with Crippen LogP contribution in [0.15, 0.2) is 18.2 Å². The first-order valence-electron chi connectivity index (χ1n) is 9.66. The number of nitrogens with one attached hydrogen (secondary N) is 1. The first-order valence-corrected chi connectivity index (χ1v) is 9.66. The van der Waals surface area contributed by atoms with Crippen LogP contribution < -0.4 is 14.8 Å². The Balaban J connectivity index is 1.37. The molecule has 1 saturated carbocycles. The van der Waals surface area contributed by atoms with E-state index in [0.717, 1.165) is 62.4 Å². The van der Waals surface area contributed by atoms with Crippen LogP contribution in [0.4, 0.5) is 0 Å². The van der Waals surface area contributed by atoms with E-state index in [9.17, 15) is 4.79 Å². The quantitative estimate of drug-likeness (QED) is 0.892. The number of hydrogen-bond donors (Lipinski definition) is 1. The molecule has 5 heteroatoms. The van der Waals surface area contributed by atoms with Gasteiger partial charge in [-0.05, 0) is 31.2 Å². The van der Waals surface area contributed by atoms with Crippen LogP contribution in [-0.2, 0) is 11.3 Å². The molecule has 1 saturated heterocycles. The number of likely N-dealkylation sites (tertiary alicyclic amines) is 1. The largest absolute Gasteiger partial charge is 0.486 e. The van der Waals surface area contributed by atoms with E-state index >= 15 is 0 Å². The summed E-state index contributed by atoms with van der Waals surface area (Å²) in [5.41, 5.74) is 1.16. The third-order valence-electron chi connectivity index (χ3n) is 5.70. The molecule has 3 aliphatic rings. The Morgan fingerprint density at radius 2 is 2.08 bits per heavy atom. The molecule has 0 aromatic heterocycles.